The fraction of sp³-hybridized carbons (Fsp3) is 0.474. The van der Waals surface area contributed by atoms with Gasteiger partial charge in [0.2, 0.25) is 0 Å². The molecule has 24 heavy (non-hydrogen) atoms. The van der Waals surface area contributed by atoms with E-state index in [9.17, 15) is 9.59 Å². The average molecular weight is 333 g/mol. The van der Waals surface area contributed by atoms with E-state index < -0.39 is 5.60 Å². The van der Waals surface area contributed by atoms with Crippen molar-refractivity contribution < 1.29 is 19.1 Å². The predicted octanol–water partition coefficient (Wildman–Crippen LogP) is 3.86. The minimum absolute atomic E-state index is 0.151. The van der Waals surface area contributed by atoms with Crippen LogP contribution in [-0.2, 0) is 25.6 Å². The summed E-state index contributed by atoms with van der Waals surface area (Å²) in [6.07, 6.45) is 2.43. The number of aromatic nitrogens is 1. The van der Waals surface area contributed by atoms with Gasteiger partial charge in [0.25, 0.3) is 6.47 Å². The van der Waals surface area contributed by atoms with Gasteiger partial charge in [0.05, 0.1) is 13.0 Å². The van der Waals surface area contributed by atoms with Gasteiger partial charge in [-0.25, -0.2) is 0 Å². The highest BCUT2D eigenvalue weighted by Crippen LogP contribution is 2.20. The number of fused-ring (bicyclic) bond motifs is 1. The fourth-order valence-corrected chi connectivity index (χ4v) is 2.24. The number of nitrogens with zero attached hydrogens (tertiary/aromatic N) is 1. The molecular formula is C19H27NO4. The van der Waals surface area contributed by atoms with Gasteiger partial charge in [-0.1, -0.05) is 12.1 Å². The average Bonchev–Trinajstić information content (AvgIpc) is 2.89. The second-order valence-electron chi connectivity index (χ2n) is 6.40. The SMILES string of the molecule is CCOC=O.Cc1cccc2c1ccn2CCC(=O)OC(C)(C)C. The zero-order chi connectivity index (χ0) is 18.2. The lowest BCUT2D eigenvalue weighted by Crippen LogP contribution is -2.24. The third-order valence-corrected chi connectivity index (χ3v) is 3.24. The molecule has 2 aromatic rings. The number of rotatable bonds is 5. The van der Waals surface area contributed by atoms with E-state index in [0.717, 1.165) is 0 Å². The van der Waals surface area contributed by atoms with Crippen molar-refractivity contribution in [2.75, 3.05) is 6.61 Å². The van der Waals surface area contributed by atoms with Gasteiger partial charge in [0.15, 0.2) is 0 Å². The van der Waals surface area contributed by atoms with Crippen molar-refractivity contribution in [1.29, 1.82) is 0 Å². The van der Waals surface area contributed by atoms with Crippen molar-refractivity contribution in [3.8, 4) is 0 Å². The van der Waals surface area contributed by atoms with E-state index in [2.05, 4.69) is 34.4 Å². The topological polar surface area (TPSA) is 57.5 Å². The molecule has 0 saturated carbocycles. The number of benzene rings is 1. The highest BCUT2D eigenvalue weighted by molar-refractivity contribution is 5.83. The van der Waals surface area contributed by atoms with E-state index in [0.29, 0.717) is 26.0 Å². The first-order valence-electron chi connectivity index (χ1n) is 8.10. The number of hydrogen-bond donors (Lipinski definition) is 0. The molecule has 0 radical (unpaired) electrons. The zero-order valence-electron chi connectivity index (χ0n) is 15.2. The van der Waals surface area contributed by atoms with Crippen LogP contribution in [0.1, 0.15) is 39.7 Å². The Labute approximate surface area is 143 Å². The van der Waals surface area contributed by atoms with E-state index in [-0.39, 0.29) is 5.97 Å². The lowest BCUT2D eigenvalue weighted by atomic mass is 10.1. The van der Waals surface area contributed by atoms with Crippen molar-refractivity contribution in [1.82, 2.24) is 4.57 Å². The highest BCUT2D eigenvalue weighted by atomic mass is 16.6. The zero-order valence-corrected chi connectivity index (χ0v) is 15.2. The van der Waals surface area contributed by atoms with Gasteiger partial charge in [-0.15, -0.1) is 0 Å². The van der Waals surface area contributed by atoms with Crippen molar-refractivity contribution in [2.24, 2.45) is 0 Å². The number of aryl methyl sites for hydroxylation is 2. The minimum Gasteiger partial charge on any atom is -0.468 e. The first-order chi connectivity index (χ1) is 11.3. The molecule has 5 nitrogen and oxygen atoms in total. The Balaban J connectivity index is 0.000000505. The Morgan fingerprint density at radius 2 is 1.96 bits per heavy atom. The Morgan fingerprint density at radius 3 is 2.50 bits per heavy atom. The summed E-state index contributed by atoms with van der Waals surface area (Å²) in [7, 11) is 0. The van der Waals surface area contributed by atoms with Crippen molar-refractivity contribution in [2.45, 2.75) is 53.2 Å². The number of carbonyl (C=O) groups is 2. The molecule has 0 saturated heterocycles. The maximum Gasteiger partial charge on any atom is 0.308 e. The molecule has 0 aliphatic carbocycles. The van der Waals surface area contributed by atoms with Crippen LogP contribution in [0.2, 0.25) is 0 Å². The summed E-state index contributed by atoms with van der Waals surface area (Å²) >= 11 is 0. The number of hydrogen-bond acceptors (Lipinski definition) is 4. The summed E-state index contributed by atoms with van der Waals surface area (Å²) < 4.78 is 11.6. The normalized spacial score (nSPS) is 10.7. The van der Waals surface area contributed by atoms with Crippen LogP contribution < -0.4 is 0 Å². The van der Waals surface area contributed by atoms with Crippen LogP contribution in [-0.4, -0.2) is 29.2 Å². The highest BCUT2D eigenvalue weighted by Gasteiger charge is 2.16. The summed E-state index contributed by atoms with van der Waals surface area (Å²) in [6, 6.07) is 8.32. The van der Waals surface area contributed by atoms with Crippen LogP contribution in [0.5, 0.6) is 0 Å². The predicted molar refractivity (Wildman–Crippen MR) is 94.8 cm³/mol. The molecule has 0 N–H and O–H groups in total. The summed E-state index contributed by atoms with van der Waals surface area (Å²) in [5, 5.41) is 1.24. The summed E-state index contributed by atoms with van der Waals surface area (Å²) in [5.41, 5.74) is 2.02. The third kappa shape index (κ3) is 6.44. The van der Waals surface area contributed by atoms with E-state index in [1.54, 1.807) is 6.92 Å². The van der Waals surface area contributed by atoms with Crippen LogP contribution in [0.25, 0.3) is 10.9 Å². The molecule has 2 rings (SSSR count). The molecule has 132 valence electrons. The minimum atomic E-state index is -0.410. The Kier molecular flexibility index (Phi) is 7.49. The standard InChI is InChI=1S/C16H21NO2.C3H6O2/c1-12-6-5-7-14-13(12)8-10-17(14)11-9-15(18)19-16(2,3)4;1-2-5-3-4/h5-8,10H,9,11H2,1-4H3;3H,2H2,1H3. The number of esters is 1. The van der Waals surface area contributed by atoms with Crippen LogP contribution >= 0.6 is 0 Å². The van der Waals surface area contributed by atoms with Gasteiger partial charge in [0.1, 0.15) is 5.60 Å². The first kappa shape index (κ1) is 19.7. The largest absolute Gasteiger partial charge is 0.468 e. The van der Waals surface area contributed by atoms with Crippen molar-refractivity contribution in [3.05, 3.63) is 36.0 Å². The van der Waals surface area contributed by atoms with Gasteiger partial charge in [-0.2, -0.15) is 0 Å². The molecule has 0 spiro atoms. The van der Waals surface area contributed by atoms with Crippen LogP contribution in [0.15, 0.2) is 30.5 Å². The molecule has 1 aromatic heterocycles. The monoisotopic (exact) mass is 333 g/mol. The van der Waals surface area contributed by atoms with Gasteiger partial charge >= 0.3 is 5.97 Å². The van der Waals surface area contributed by atoms with Crippen LogP contribution in [0, 0.1) is 6.92 Å². The lowest BCUT2D eigenvalue weighted by molar-refractivity contribution is -0.155. The number of carbonyl (C=O) groups excluding carboxylic acids is 2. The molecule has 0 fully saturated rings. The molecule has 0 atom stereocenters. The second-order valence-corrected chi connectivity index (χ2v) is 6.40. The van der Waals surface area contributed by atoms with E-state index >= 15 is 0 Å². The van der Waals surface area contributed by atoms with E-state index in [1.807, 2.05) is 33.0 Å². The molecule has 1 aromatic carbocycles. The van der Waals surface area contributed by atoms with Crippen molar-refractivity contribution in [3.63, 3.8) is 0 Å². The second kappa shape index (κ2) is 9.11. The molecule has 1 heterocycles. The fourth-order valence-electron chi connectivity index (χ4n) is 2.24. The maximum atomic E-state index is 11.7. The van der Waals surface area contributed by atoms with Gasteiger partial charge in [-0.3, -0.25) is 9.59 Å². The molecule has 5 heteroatoms. The van der Waals surface area contributed by atoms with E-state index in [1.165, 1.54) is 16.5 Å². The molecule has 0 aliphatic heterocycles. The third-order valence-electron chi connectivity index (χ3n) is 3.24. The quantitative estimate of drug-likeness (QED) is 0.616. The number of ether oxygens (including phenoxy) is 2. The maximum absolute atomic E-state index is 11.7. The van der Waals surface area contributed by atoms with E-state index in [4.69, 9.17) is 4.74 Å². The first-order valence-corrected chi connectivity index (χ1v) is 8.10. The van der Waals surface area contributed by atoms with Crippen molar-refractivity contribution >= 4 is 23.3 Å². The van der Waals surface area contributed by atoms with Crippen LogP contribution in [0.3, 0.4) is 0 Å². The Morgan fingerprint density at radius 1 is 1.25 bits per heavy atom. The Hall–Kier alpha value is -2.30. The van der Waals surface area contributed by atoms with Gasteiger partial charge in [-0.05, 0) is 52.3 Å². The van der Waals surface area contributed by atoms with Gasteiger partial charge < -0.3 is 14.0 Å². The van der Waals surface area contributed by atoms with Crippen LogP contribution in [0.4, 0.5) is 0 Å². The molecule has 0 amide bonds. The molecule has 0 aliphatic rings. The van der Waals surface area contributed by atoms with Gasteiger partial charge in [0, 0.05) is 23.6 Å². The summed E-state index contributed by atoms with van der Waals surface area (Å²) in [4.78, 5) is 20.9. The smallest absolute Gasteiger partial charge is 0.308 e. The summed E-state index contributed by atoms with van der Waals surface area (Å²) in [5.74, 6) is -0.151. The molecule has 0 bridgehead atoms. The lowest BCUT2D eigenvalue weighted by Gasteiger charge is -2.19. The Bertz CT molecular complexity index is 668. The molecular weight excluding hydrogens is 306 g/mol. The molecule has 0 unspecified atom stereocenters. The summed E-state index contributed by atoms with van der Waals surface area (Å²) in [6.45, 7) is 11.1.